The molecule has 3 aromatic rings. The van der Waals surface area contributed by atoms with Crippen molar-refractivity contribution in [3.8, 4) is 0 Å². The van der Waals surface area contributed by atoms with Gasteiger partial charge in [-0.15, -0.1) is 0 Å². The number of ether oxygens (including phenoxy) is 2. The van der Waals surface area contributed by atoms with Gasteiger partial charge in [0.1, 0.15) is 0 Å². The monoisotopic (exact) mass is 493 g/mol. The minimum absolute atomic E-state index is 0.0514. The van der Waals surface area contributed by atoms with Crippen molar-refractivity contribution >= 4 is 27.7 Å². The first-order valence-corrected chi connectivity index (χ1v) is 13.3. The van der Waals surface area contributed by atoms with Gasteiger partial charge in [0.25, 0.3) is 11.5 Å². The molecule has 1 amide bonds. The van der Waals surface area contributed by atoms with Crippen molar-refractivity contribution in [1.29, 1.82) is 0 Å². The number of aryl methyl sites for hydroxylation is 1. The van der Waals surface area contributed by atoms with Crippen LogP contribution in [0.25, 0.3) is 21.8 Å². The van der Waals surface area contributed by atoms with Crippen LogP contribution in [0.5, 0.6) is 0 Å². The third-order valence-electron chi connectivity index (χ3n) is 7.94. The summed E-state index contributed by atoms with van der Waals surface area (Å²) in [5.41, 5.74) is 2.97. The Labute approximate surface area is 210 Å². The average molecular weight is 494 g/mol. The van der Waals surface area contributed by atoms with Crippen LogP contribution < -0.4 is 5.56 Å². The maximum Gasteiger partial charge on any atom is 0.259 e. The molecule has 2 aliphatic heterocycles. The maximum absolute atomic E-state index is 13.6. The largest absolute Gasteiger partial charge is 0.381 e. The van der Waals surface area contributed by atoms with Gasteiger partial charge in [-0.25, -0.2) is 0 Å². The third kappa shape index (κ3) is 4.67. The number of rotatable bonds is 7. The Kier molecular flexibility index (Phi) is 6.54. The van der Waals surface area contributed by atoms with E-state index in [1.165, 1.54) is 12.8 Å². The number of fused-ring (bicyclic) bond motifs is 3. The lowest BCUT2D eigenvalue weighted by Gasteiger charge is -2.35. The van der Waals surface area contributed by atoms with Crippen LogP contribution in [0.4, 0.5) is 0 Å². The summed E-state index contributed by atoms with van der Waals surface area (Å²) in [5, 5.41) is 6.03. The molecular weight excluding hydrogens is 458 g/mol. The molecule has 0 bridgehead atoms. The van der Waals surface area contributed by atoms with Gasteiger partial charge in [-0.05, 0) is 56.2 Å². The Morgan fingerprint density at radius 2 is 1.89 bits per heavy atom. The van der Waals surface area contributed by atoms with E-state index in [1.807, 2.05) is 28.6 Å². The standard InChI is InChI=1S/C27H35N5O4/c1-18-14-24-22(25-23(26(33)29-24)16-28-32(25)20-4-11-35-12-5-20)15-21(18)27(34)31-8-6-30(7-9-31)10-13-36-17-19-2-3-19/h14-16,19-20H,2-13,17H2,1H3,(H,29,33). The summed E-state index contributed by atoms with van der Waals surface area (Å²) < 4.78 is 13.3. The number of carbonyl (C=O) groups excluding carboxylic acids is 1. The van der Waals surface area contributed by atoms with Crippen LogP contribution in [0.1, 0.15) is 47.6 Å². The lowest BCUT2D eigenvalue weighted by molar-refractivity contribution is 0.0538. The predicted molar refractivity (Wildman–Crippen MR) is 138 cm³/mol. The zero-order valence-electron chi connectivity index (χ0n) is 21.0. The van der Waals surface area contributed by atoms with Gasteiger partial charge < -0.3 is 19.4 Å². The van der Waals surface area contributed by atoms with Crippen molar-refractivity contribution in [2.45, 2.75) is 38.6 Å². The summed E-state index contributed by atoms with van der Waals surface area (Å²) in [4.78, 5) is 33.7. The molecule has 2 aromatic heterocycles. The number of benzene rings is 1. The Hall–Kier alpha value is -2.75. The summed E-state index contributed by atoms with van der Waals surface area (Å²) in [7, 11) is 0. The molecule has 0 radical (unpaired) electrons. The van der Waals surface area contributed by atoms with Crippen LogP contribution in [0, 0.1) is 12.8 Å². The highest BCUT2D eigenvalue weighted by molar-refractivity contribution is 6.07. The van der Waals surface area contributed by atoms with E-state index >= 15 is 0 Å². The molecule has 9 heteroatoms. The number of nitrogens with zero attached hydrogens (tertiary/aromatic N) is 4. The van der Waals surface area contributed by atoms with Crippen LogP contribution in [0.15, 0.2) is 23.1 Å². The molecule has 0 unspecified atom stereocenters. The van der Waals surface area contributed by atoms with Crippen molar-refractivity contribution in [2.75, 3.05) is 59.2 Å². The number of piperazine rings is 1. The molecule has 3 fully saturated rings. The molecule has 4 heterocycles. The first-order valence-electron chi connectivity index (χ1n) is 13.3. The average Bonchev–Trinajstić information content (AvgIpc) is 3.62. The van der Waals surface area contributed by atoms with E-state index in [-0.39, 0.29) is 17.5 Å². The number of pyridine rings is 1. The zero-order valence-corrected chi connectivity index (χ0v) is 21.0. The smallest absolute Gasteiger partial charge is 0.259 e. The van der Waals surface area contributed by atoms with Crippen molar-refractivity contribution < 1.29 is 14.3 Å². The Morgan fingerprint density at radius 1 is 1.11 bits per heavy atom. The number of H-pyrrole nitrogens is 1. The molecule has 192 valence electrons. The second-order valence-corrected chi connectivity index (χ2v) is 10.5. The quantitative estimate of drug-likeness (QED) is 0.509. The van der Waals surface area contributed by atoms with E-state index < -0.39 is 0 Å². The van der Waals surface area contributed by atoms with Crippen molar-refractivity contribution in [3.05, 3.63) is 39.8 Å². The van der Waals surface area contributed by atoms with E-state index in [0.29, 0.717) is 37.3 Å². The molecule has 0 atom stereocenters. The number of aromatic nitrogens is 3. The highest BCUT2D eigenvalue weighted by Gasteiger charge is 2.26. The first kappa shape index (κ1) is 23.6. The van der Waals surface area contributed by atoms with Crippen LogP contribution in [0.3, 0.4) is 0 Å². The number of aromatic amines is 1. The lowest BCUT2D eigenvalue weighted by atomic mass is 10.0. The second kappa shape index (κ2) is 9.95. The second-order valence-electron chi connectivity index (χ2n) is 10.5. The number of hydrogen-bond donors (Lipinski definition) is 1. The fourth-order valence-electron chi connectivity index (χ4n) is 5.50. The molecule has 9 nitrogen and oxygen atoms in total. The van der Waals surface area contributed by atoms with Gasteiger partial charge in [0.15, 0.2) is 0 Å². The molecular formula is C27H35N5O4. The van der Waals surface area contributed by atoms with Gasteiger partial charge in [-0.1, -0.05) is 0 Å². The topological polar surface area (TPSA) is 92.7 Å². The summed E-state index contributed by atoms with van der Waals surface area (Å²) in [5.74, 6) is 0.842. The van der Waals surface area contributed by atoms with Crippen LogP contribution in [-0.2, 0) is 9.47 Å². The SMILES string of the molecule is Cc1cc2[nH]c(=O)c3cnn(C4CCOCC4)c3c2cc1C(=O)N1CCN(CCOCC2CC2)CC1. The van der Waals surface area contributed by atoms with Gasteiger partial charge in [-0.3, -0.25) is 19.2 Å². The van der Waals surface area contributed by atoms with Gasteiger partial charge >= 0.3 is 0 Å². The molecule has 6 rings (SSSR count). The molecule has 2 saturated heterocycles. The van der Waals surface area contributed by atoms with Crippen molar-refractivity contribution in [3.63, 3.8) is 0 Å². The first-order chi connectivity index (χ1) is 17.6. The Bertz CT molecular complexity index is 1310. The maximum atomic E-state index is 13.6. The van der Waals surface area contributed by atoms with Gasteiger partial charge in [0.05, 0.1) is 35.3 Å². The van der Waals surface area contributed by atoms with Gasteiger partial charge in [-0.2, -0.15) is 5.10 Å². The van der Waals surface area contributed by atoms with E-state index in [9.17, 15) is 9.59 Å². The fraction of sp³-hybridized carbons (Fsp3) is 0.593. The Morgan fingerprint density at radius 3 is 2.64 bits per heavy atom. The highest BCUT2D eigenvalue weighted by atomic mass is 16.5. The van der Waals surface area contributed by atoms with Crippen LogP contribution in [-0.4, -0.2) is 89.6 Å². The van der Waals surface area contributed by atoms with Crippen LogP contribution in [0.2, 0.25) is 0 Å². The number of hydrogen-bond acceptors (Lipinski definition) is 6. The molecule has 0 spiro atoms. The van der Waals surface area contributed by atoms with Crippen molar-refractivity contribution in [1.82, 2.24) is 24.6 Å². The minimum atomic E-state index is -0.147. The molecule has 1 N–H and O–H groups in total. The molecule has 1 aromatic carbocycles. The van der Waals surface area contributed by atoms with E-state index in [1.54, 1.807) is 6.20 Å². The van der Waals surface area contributed by atoms with E-state index in [0.717, 1.165) is 73.6 Å². The third-order valence-corrected chi connectivity index (χ3v) is 7.94. The summed E-state index contributed by atoms with van der Waals surface area (Å²) in [6, 6.07) is 4.07. The normalized spacial score (nSPS) is 20.0. The molecule has 3 aliphatic rings. The molecule has 36 heavy (non-hydrogen) atoms. The van der Waals surface area contributed by atoms with Gasteiger partial charge in [0.2, 0.25) is 0 Å². The summed E-state index contributed by atoms with van der Waals surface area (Å²) in [6.45, 7) is 9.04. The van der Waals surface area contributed by atoms with E-state index in [4.69, 9.17) is 9.47 Å². The minimum Gasteiger partial charge on any atom is -0.381 e. The summed E-state index contributed by atoms with van der Waals surface area (Å²) in [6.07, 6.45) is 6.00. The van der Waals surface area contributed by atoms with Crippen LogP contribution >= 0.6 is 0 Å². The summed E-state index contributed by atoms with van der Waals surface area (Å²) >= 11 is 0. The zero-order chi connectivity index (χ0) is 24.6. The molecule has 1 aliphatic carbocycles. The van der Waals surface area contributed by atoms with E-state index in [2.05, 4.69) is 15.0 Å². The predicted octanol–water partition coefficient (Wildman–Crippen LogP) is 2.72. The number of carbonyl (C=O) groups is 1. The number of amides is 1. The van der Waals surface area contributed by atoms with Crippen molar-refractivity contribution in [2.24, 2.45) is 5.92 Å². The molecule has 1 saturated carbocycles. The Balaban J connectivity index is 1.23. The highest BCUT2D eigenvalue weighted by Crippen LogP contribution is 2.30. The number of nitrogens with one attached hydrogen (secondary N) is 1. The fourth-order valence-corrected chi connectivity index (χ4v) is 5.50. The lowest BCUT2D eigenvalue weighted by Crippen LogP contribution is -2.49. The van der Waals surface area contributed by atoms with Gasteiger partial charge in [0, 0.05) is 63.5 Å².